The Hall–Kier alpha value is -2.54. The number of likely N-dealkylation sites (tertiary alicyclic amines) is 1. The van der Waals surface area contributed by atoms with Gasteiger partial charge in [-0.2, -0.15) is 0 Å². The van der Waals surface area contributed by atoms with Crippen molar-refractivity contribution >= 4 is 45.9 Å². The molecule has 34 heavy (non-hydrogen) atoms. The Kier molecular flexibility index (Phi) is 6.09. The summed E-state index contributed by atoms with van der Waals surface area (Å²) in [5.41, 5.74) is 2.08. The number of para-hydroxylation sites is 1. The van der Waals surface area contributed by atoms with Crippen LogP contribution in [0.3, 0.4) is 0 Å². The summed E-state index contributed by atoms with van der Waals surface area (Å²) in [4.78, 5) is 34.3. The van der Waals surface area contributed by atoms with Crippen molar-refractivity contribution in [1.82, 2.24) is 20.1 Å². The molecule has 1 saturated carbocycles. The van der Waals surface area contributed by atoms with Gasteiger partial charge in [0.2, 0.25) is 11.8 Å². The number of rotatable bonds is 7. The molecular weight excluding hydrogens is 471 g/mol. The molecule has 1 saturated heterocycles. The van der Waals surface area contributed by atoms with E-state index in [0.29, 0.717) is 48.4 Å². The van der Waals surface area contributed by atoms with E-state index in [9.17, 15) is 9.59 Å². The van der Waals surface area contributed by atoms with Gasteiger partial charge in [0.15, 0.2) is 0 Å². The fraction of sp³-hybridized carbons (Fsp3) is 0.385. The van der Waals surface area contributed by atoms with Gasteiger partial charge in [0.25, 0.3) is 0 Å². The summed E-state index contributed by atoms with van der Waals surface area (Å²) in [6.07, 6.45) is 3.74. The number of fused-ring (bicyclic) bond motifs is 1. The maximum Gasteiger partial charge on any atom is 0.245 e. The third-order valence-electron chi connectivity index (χ3n) is 7.24. The predicted molar refractivity (Wildman–Crippen MR) is 135 cm³/mol. The third-order valence-corrected chi connectivity index (χ3v) is 7.79. The molecule has 2 fully saturated rings. The fourth-order valence-corrected chi connectivity index (χ4v) is 5.41. The minimum Gasteiger partial charge on any atom is -0.361 e. The van der Waals surface area contributed by atoms with Crippen molar-refractivity contribution in [3.8, 4) is 0 Å². The van der Waals surface area contributed by atoms with Crippen LogP contribution in [0.15, 0.2) is 48.7 Å². The Morgan fingerprint density at radius 1 is 1.18 bits per heavy atom. The van der Waals surface area contributed by atoms with Crippen LogP contribution in [0.2, 0.25) is 10.0 Å². The zero-order chi connectivity index (χ0) is 24.0. The molecule has 2 N–H and O–H groups in total. The zero-order valence-corrected chi connectivity index (χ0v) is 20.8. The number of nitrogens with zero attached hydrogens (tertiary/aromatic N) is 2. The van der Waals surface area contributed by atoms with Gasteiger partial charge in [-0.3, -0.25) is 9.59 Å². The number of amides is 2. The Morgan fingerprint density at radius 3 is 2.59 bits per heavy atom. The van der Waals surface area contributed by atoms with Crippen molar-refractivity contribution in [1.29, 1.82) is 0 Å². The van der Waals surface area contributed by atoms with Crippen molar-refractivity contribution in [2.45, 2.75) is 36.8 Å². The van der Waals surface area contributed by atoms with Crippen molar-refractivity contribution < 1.29 is 9.59 Å². The SMILES string of the molecule is CN(C)C1CN(C(=O)C(Cc2c[nH]c3ccccc23)NC(=O)C2(c3ccc(Cl)cc3Cl)CC2)C1. The van der Waals surface area contributed by atoms with Gasteiger partial charge in [-0.15, -0.1) is 0 Å². The summed E-state index contributed by atoms with van der Waals surface area (Å²) >= 11 is 12.5. The van der Waals surface area contributed by atoms with Crippen molar-refractivity contribution in [3.63, 3.8) is 0 Å². The van der Waals surface area contributed by atoms with Crippen LogP contribution in [-0.4, -0.2) is 65.9 Å². The van der Waals surface area contributed by atoms with Gasteiger partial charge in [-0.05, 0) is 56.3 Å². The lowest BCUT2D eigenvalue weighted by molar-refractivity contribution is -0.142. The number of carbonyl (C=O) groups is 2. The summed E-state index contributed by atoms with van der Waals surface area (Å²) in [5, 5.41) is 5.18. The van der Waals surface area contributed by atoms with Crippen molar-refractivity contribution in [2.75, 3.05) is 27.2 Å². The van der Waals surface area contributed by atoms with Crippen LogP contribution >= 0.6 is 23.2 Å². The number of nitrogens with one attached hydrogen (secondary N) is 2. The molecule has 0 bridgehead atoms. The van der Waals surface area contributed by atoms with E-state index in [1.54, 1.807) is 12.1 Å². The van der Waals surface area contributed by atoms with E-state index in [0.717, 1.165) is 22.0 Å². The smallest absolute Gasteiger partial charge is 0.245 e. The van der Waals surface area contributed by atoms with Crippen LogP contribution in [0.5, 0.6) is 0 Å². The van der Waals surface area contributed by atoms with E-state index in [4.69, 9.17) is 23.2 Å². The van der Waals surface area contributed by atoms with Gasteiger partial charge in [0, 0.05) is 52.7 Å². The van der Waals surface area contributed by atoms with Crippen LogP contribution in [0, 0.1) is 0 Å². The number of hydrogen-bond donors (Lipinski definition) is 2. The second-order valence-electron chi connectivity index (χ2n) is 9.66. The first-order valence-electron chi connectivity index (χ1n) is 11.6. The largest absolute Gasteiger partial charge is 0.361 e. The number of H-pyrrole nitrogens is 1. The Balaban J connectivity index is 1.40. The van der Waals surface area contributed by atoms with Gasteiger partial charge < -0.3 is 20.1 Å². The van der Waals surface area contributed by atoms with Gasteiger partial charge >= 0.3 is 0 Å². The first-order valence-corrected chi connectivity index (χ1v) is 12.3. The van der Waals surface area contributed by atoms with Crippen molar-refractivity contribution in [2.24, 2.45) is 0 Å². The maximum atomic E-state index is 13.6. The van der Waals surface area contributed by atoms with Crippen LogP contribution in [0.1, 0.15) is 24.0 Å². The molecule has 2 aliphatic rings. The first kappa shape index (κ1) is 23.2. The second kappa shape index (κ2) is 8.91. The molecule has 5 rings (SSSR count). The van der Waals surface area contributed by atoms with E-state index < -0.39 is 11.5 Å². The number of aromatic amines is 1. The molecule has 1 aliphatic heterocycles. The molecule has 0 spiro atoms. The minimum absolute atomic E-state index is 0.0465. The standard InChI is InChI=1S/C26H28Cl2N4O2/c1-31(2)18-14-32(15-18)24(33)23(11-16-13-29-22-6-4-3-5-19(16)22)30-25(34)26(9-10-26)20-8-7-17(27)12-21(20)28/h3-8,12-13,18,23,29H,9-11,14-15H2,1-2H3,(H,30,34). The van der Waals surface area contributed by atoms with E-state index in [1.807, 2.05) is 55.5 Å². The summed E-state index contributed by atoms with van der Waals surface area (Å²) < 4.78 is 0. The number of halogens is 2. The molecule has 3 aromatic rings. The highest BCUT2D eigenvalue weighted by Crippen LogP contribution is 2.51. The average molecular weight is 499 g/mol. The molecule has 178 valence electrons. The van der Waals surface area contributed by atoms with Crippen molar-refractivity contribution in [3.05, 3.63) is 69.8 Å². The number of aromatic nitrogens is 1. The van der Waals surface area contributed by atoms with Gasteiger partial charge in [0.1, 0.15) is 6.04 Å². The lowest BCUT2D eigenvalue weighted by Gasteiger charge is -2.44. The normalized spacial score (nSPS) is 18.1. The van der Waals surface area contributed by atoms with E-state index in [-0.39, 0.29) is 11.8 Å². The van der Waals surface area contributed by atoms with Gasteiger partial charge in [-0.25, -0.2) is 0 Å². The average Bonchev–Trinajstić information content (AvgIpc) is 3.47. The number of likely N-dealkylation sites (N-methyl/N-ethyl adjacent to an activating group) is 1. The highest BCUT2D eigenvalue weighted by atomic mass is 35.5. The topological polar surface area (TPSA) is 68.4 Å². The molecule has 2 aromatic carbocycles. The summed E-state index contributed by atoms with van der Waals surface area (Å²) in [6.45, 7) is 1.33. The highest BCUT2D eigenvalue weighted by Gasteiger charge is 2.53. The first-order chi connectivity index (χ1) is 16.3. The van der Waals surface area contributed by atoms with E-state index in [1.165, 1.54) is 0 Å². The molecule has 1 atom stereocenters. The quantitative estimate of drug-likeness (QED) is 0.517. The Morgan fingerprint density at radius 2 is 1.91 bits per heavy atom. The number of carbonyl (C=O) groups excluding carboxylic acids is 2. The molecule has 2 amide bonds. The zero-order valence-electron chi connectivity index (χ0n) is 19.3. The molecule has 6 nitrogen and oxygen atoms in total. The van der Waals surface area contributed by atoms with E-state index >= 15 is 0 Å². The third kappa shape index (κ3) is 4.19. The molecule has 8 heteroatoms. The lowest BCUT2D eigenvalue weighted by Crippen LogP contribution is -2.63. The Bertz CT molecular complexity index is 1240. The monoisotopic (exact) mass is 498 g/mol. The molecular formula is C26H28Cl2N4O2. The predicted octanol–water partition coefficient (Wildman–Crippen LogP) is 4.01. The van der Waals surface area contributed by atoms with E-state index in [2.05, 4.69) is 15.2 Å². The summed E-state index contributed by atoms with van der Waals surface area (Å²) in [6, 6.07) is 12.9. The highest BCUT2D eigenvalue weighted by molar-refractivity contribution is 6.35. The van der Waals surface area contributed by atoms with Crippen LogP contribution in [0.4, 0.5) is 0 Å². The Labute approximate surface area is 209 Å². The van der Waals surface area contributed by atoms with Crippen LogP contribution in [-0.2, 0) is 21.4 Å². The summed E-state index contributed by atoms with van der Waals surface area (Å²) in [7, 11) is 4.04. The summed E-state index contributed by atoms with van der Waals surface area (Å²) in [5.74, 6) is -0.200. The molecule has 2 heterocycles. The van der Waals surface area contributed by atoms with Gasteiger partial charge in [0.05, 0.1) is 5.41 Å². The number of benzene rings is 2. The molecule has 1 aliphatic carbocycles. The number of hydrogen-bond acceptors (Lipinski definition) is 3. The fourth-order valence-electron chi connectivity index (χ4n) is 4.82. The second-order valence-corrected chi connectivity index (χ2v) is 10.5. The molecule has 1 aromatic heterocycles. The van der Waals surface area contributed by atoms with Crippen LogP contribution < -0.4 is 5.32 Å². The van der Waals surface area contributed by atoms with Gasteiger partial charge in [-0.1, -0.05) is 47.5 Å². The molecule has 1 unspecified atom stereocenters. The minimum atomic E-state index is -0.707. The van der Waals surface area contributed by atoms with Crippen LogP contribution in [0.25, 0.3) is 10.9 Å². The maximum absolute atomic E-state index is 13.6. The molecule has 0 radical (unpaired) electrons. The lowest BCUT2D eigenvalue weighted by atomic mass is 9.93.